The van der Waals surface area contributed by atoms with Gasteiger partial charge in [0.25, 0.3) is 5.91 Å². The molecule has 1 aliphatic rings. The van der Waals surface area contributed by atoms with Gasteiger partial charge in [0.15, 0.2) is 0 Å². The monoisotopic (exact) mass is 326 g/mol. The summed E-state index contributed by atoms with van der Waals surface area (Å²) in [6.07, 6.45) is 0. The van der Waals surface area contributed by atoms with Crippen molar-refractivity contribution < 1.29 is 4.79 Å². The molecule has 0 unspecified atom stereocenters. The van der Waals surface area contributed by atoms with Crippen molar-refractivity contribution in [1.29, 1.82) is 0 Å². The molecule has 3 nitrogen and oxygen atoms in total. The first kappa shape index (κ1) is 15.3. The molecule has 0 spiro atoms. The largest absolute Gasteiger partial charge is 0.309 e. The van der Waals surface area contributed by atoms with Crippen molar-refractivity contribution in [3.63, 3.8) is 0 Å². The number of carbonyl (C=O) groups is 1. The zero-order chi connectivity index (χ0) is 17.2. The number of hydrogen-bond acceptors (Lipinski definition) is 2. The van der Waals surface area contributed by atoms with Crippen molar-refractivity contribution >= 4 is 17.3 Å². The van der Waals surface area contributed by atoms with Crippen LogP contribution in [0.1, 0.15) is 22.7 Å². The highest BCUT2D eigenvalue weighted by Crippen LogP contribution is 2.32. The van der Waals surface area contributed by atoms with Crippen LogP contribution in [0.2, 0.25) is 0 Å². The molecule has 0 N–H and O–H groups in total. The predicted octanol–water partition coefficient (Wildman–Crippen LogP) is 4.24. The van der Waals surface area contributed by atoms with Crippen LogP contribution in [-0.2, 0) is 4.79 Å². The number of rotatable bonds is 3. The maximum absolute atomic E-state index is 12.8. The van der Waals surface area contributed by atoms with Gasteiger partial charge in [0.1, 0.15) is 11.8 Å². The molecule has 0 saturated heterocycles. The molecule has 1 amide bonds. The van der Waals surface area contributed by atoms with Gasteiger partial charge in [0.2, 0.25) is 0 Å². The Hall–Kier alpha value is -3.20. The van der Waals surface area contributed by atoms with Crippen LogP contribution in [0.25, 0.3) is 0 Å². The van der Waals surface area contributed by atoms with Crippen LogP contribution in [-0.4, -0.2) is 18.7 Å². The zero-order valence-electron chi connectivity index (χ0n) is 14.0. The van der Waals surface area contributed by atoms with Crippen LogP contribution >= 0.6 is 0 Å². The third-order valence-electron chi connectivity index (χ3n) is 4.52. The molecule has 1 aliphatic heterocycles. The first-order chi connectivity index (χ1) is 12.3. The third-order valence-corrected chi connectivity index (χ3v) is 4.52. The Kier molecular flexibility index (Phi) is 3.90. The fraction of sp³-hybridized carbons (Fsp3) is 0.0909. The van der Waals surface area contributed by atoms with Gasteiger partial charge in [-0.25, -0.2) is 0 Å². The van der Waals surface area contributed by atoms with E-state index in [0.29, 0.717) is 5.71 Å². The van der Waals surface area contributed by atoms with E-state index in [9.17, 15) is 4.79 Å². The summed E-state index contributed by atoms with van der Waals surface area (Å²) in [6.45, 7) is 0. The zero-order valence-corrected chi connectivity index (χ0v) is 14.0. The number of hydrogen-bond donors (Lipinski definition) is 0. The second kappa shape index (κ2) is 6.36. The van der Waals surface area contributed by atoms with Crippen molar-refractivity contribution in [2.24, 2.45) is 4.99 Å². The minimum Gasteiger partial charge on any atom is -0.309 e. The number of para-hydroxylation sites is 1. The van der Waals surface area contributed by atoms with E-state index in [1.807, 2.05) is 60.7 Å². The van der Waals surface area contributed by atoms with Gasteiger partial charge in [0, 0.05) is 12.6 Å². The molecule has 0 aromatic heterocycles. The van der Waals surface area contributed by atoms with Crippen LogP contribution in [0.3, 0.4) is 0 Å². The second-order valence-electron chi connectivity index (χ2n) is 6.08. The molecule has 0 aliphatic carbocycles. The smallest absolute Gasteiger partial charge is 0.276 e. The Morgan fingerprint density at radius 1 is 0.760 bits per heavy atom. The summed E-state index contributed by atoms with van der Waals surface area (Å²) in [5.41, 5.74) is 4.47. The van der Waals surface area contributed by atoms with Crippen molar-refractivity contribution in [3.05, 3.63) is 102 Å². The van der Waals surface area contributed by atoms with E-state index >= 15 is 0 Å². The molecule has 3 heteroatoms. The molecule has 0 bridgehead atoms. The third kappa shape index (κ3) is 2.74. The lowest BCUT2D eigenvalue weighted by Crippen LogP contribution is -2.26. The van der Waals surface area contributed by atoms with Crippen molar-refractivity contribution in [3.8, 4) is 0 Å². The standard InChI is InChI=1S/C22H18N2O/c1-24-19-15-9-8-14-18(19)21(22(24)25)23-20(16-10-4-2-5-11-16)17-12-6-3-7-13-17/h2-15,20H,1H3. The number of likely N-dealkylation sites (N-methyl/N-ethyl adjacent to an activating group) is 1. The highest BCUT2D eigenvalue weighted by Gasteiger charge is 2.32. The molecule has 0 saturated carbocycles. The number of amides is 1. The molecule has 3 aromatic rings. The van der Waals surface area contributed by atoms with Crippen LogP contribution in [0.15, 0.2) is 89.9 Å². The normalized spacial score (nSPS) is 15.0. The molecule has 0 atom stereocenters. The van der Waals surface area contributed by atoms with E-state index in [4.69, 9.17) is 4.99 Å². The van der Waals surface area contributed by atoms with Gasteiger partial charge in [0.05, 0.1) is 5.69 Å². The Bertz CT molecular complexity index is 893. The van der Waals surface area contributed by atoms with Gasteiger partial charge >= 0.3 is 0 Å². The van der Waals surface area contributed by atoms with Crippen LogP contribution < -0.4 is 4.90 Å². The van der Waals surface area contributed by atoms with Crippen molar-refractivity contribution in [2.45, 2.75) is 6.04 Å². The summed E-state index contributed by atoms with van der Waals surface area (Å²) < 4.78 is 0. The second-order valence-corrected chi connectivity index (χ2v) is 6.08. The lowest BCUT2D eigenvalue weighted by Gasteiger charge is -2.15. The minimum atomic E-state index is -0.207. The Balaban J connectivity index is 1.87. The summed E-state index contributed by atoms with van der Waals surface area (Å²) >= 11 is 0. The summed E-state index contributed by atoms with van der Waals surface area (Å²) in [5, 5.41) is 0. The fourth-order valence-corrected chi connectivity index (χ4v) is 3.22. The minimum absolute atomic E-state index is 0.0573. The Morgan fingerprint density at radius 3 is 1.88 bits per heavy atom. The van der Waals surface area contributed by atoms with Gasteiger partial charge in [-0.2, -0.15) is 0 Å². The summed E-state index contributed by atoms with van der Waals surface area (Å²) in [5.74, 6) is -0.0573. The highest BCUT2D eigenvalue weighted by molar-refractivity contribution is 6.54. The van der Waals surface area contributed by atoms with Gasteiger partial charge in [-0.3, -0.25) is 9.79 Å². The summed E-state index contributed by atoms with van der Waals surface area (Å²) in [4.78, 5) is 19.3. The predicted molar refractivity (Wildman–Crippen MR) is 101 cm³/mol. The summed E-state index contributed by atoms with van der Waals surface area (Å²) in [7, 11) is 1.80. The van der Waals surface area contributed by atoms with E-state index in [0.717, 1.165) is 22.4 Å². The first-order valence-corrected chi connectivity index (χ1v) is 8.31. The van der Waals surface area contributed by atoms with Gasteiger partial charge in [-0.1, -0.05) is 78.9 Å². The Labute approximate surface area is 147 Å². The number of aliphatic imine (C=N–C) groups is 1. The van der Waals surface area contributed by atoms with Crippen LogP contribution in [0, 0.1) is 0 Å². The van der Waals surface area contributed by atoms with Gasteiger partial charge < -0.3 is 4.90 Å². The lowest BCUT2D eigenvalue weighted by molar-refractivity contribution is -0.111. The quantitative estimate of drug-likeness (QED) is 0.708. The van der Waals surface area contributed by atoms with E-state index in [2.05, 4.69) is 24.3 Å². The maximum Gasteiger partial charge on any atom is 0.276 e. The highest BCUT2D eigenvalue weighted by atomic mass is 16.2. The number of nitrogens with zero attached hydrogens (tertiary/aromatic N) is 2. The number of fused-ring (bicyclic) bond motifs is 1. The van der Waals surface area contributed by atoms with E-state index in [1.54, 1.807) is 11.9 Å². The topological polar surface area (TPSA) is 32.7 Å². The molecule has 3 aromatic carbocycles. The van der Waals surface area contributed by atoms with Gasteiger partial charge in [-0.05, 0) is 17.2 Å². The molecule has 0 fully saturated rings. The summed E-state index contributed by atoms with van der Waals surface area (Å²) in [6, 6.07) is 27.8. The first-order valence-electron chi connectivity index (χ1n) is 8.31. The molecule has 25 heavy (non-hydrogen) atoms. The lowest BCUT2D eigenvalue weighted by atomic mass is 9.98. The Morgan fingerprint density at radius 2 is 1.28 bits per heavy atom. The van der Waals surface area contributed by atoms with Crippen molar-refractivity contribution in [1.82, 2.24) is 0 Å². The molecular weight excluding hydrogens is 308 g/mol. The van der Waals surface area contributed by atoms with Gasteiger partial charge in [-0.15, -0.1) is 0 Å². The molecule has 4 rings (SSSR count). The molecule has 122 valence electrons. The van der Waals surface area contributed by atoms with Crippen LogP contribution in [0.5, 0.6) is 0 Å². The SMILES string of the molecule is CN1C(=O)C(=NC(c2ccccc2)c2ccccc2)c2ccccc21. The number of anilines is 1. The van der Waals surface area contributed by atoms with Crippen molar-refractivity contribution in [2.75, 3.05) is 11.9 Å². The molecule has 1 heterocycles. The van der Waals surface area contributed by atoms with E-state index in [-0.39, 0.29) is 11.9 Å². The fourth-order valence-electron chi connectivity index (χ4n) is 3.22. The van der Waals surface area contributed by atoms with E-state index < -0.39 is 0 Å². The van der Waals surface area contributed by atoms with E-state index in [1.165, 1.54) is 0 Å². The van der Waals surface area contributed by atoms with Crippen LogP contribution in [0.4, 0.5) is 5.69 Å². The number of benzene rings is 3. The number of carbonyl (C=O) groups excluding carboxylic acids is 1. The average molecular weight is 326 g/mol. The molecule has 0 radical (unpaired) electrons. The maximum atomic E-state index is 12.8. The average Bonchev–Trinajstić information content (AvgIpc) is 2.92. The molecular formula is C22H18N2O.